The first-order valence-corrected chi connectivity index (χ1v) is 9.02. The number of nitrogens with one attached hydrogen (secondary N) is 2. The third-order valence-corrected chi connectivity index (χ3v) is 5.92. The summed E-state index contributed by atoms with van der Waals surface area (Å²) in [5, 5.41) is 6.32. The number of benzene rings is 1. The van der Waals surface area contributed by atoms with Gasteiger partial charge in [0.1, 0.15) is 6.04 Å². The molecule has 2 amide bonds. The maximum Gasteiger partial charge on any atom is 0.246 e. The molecule has 2 heterocycles. The Balaban J connectivity index is 1.51. The Kier molecular flexibility index (Phi) is 5.23. The Bertz CT molecular complexity index is 585. The summed E-state index contributed by atoms with van der Waals surface area (Å²) in [5.41, 5.74) is 1.31. The van der Waals surface area contributed by atoms with E-state index in [2.05, 4.69) is 41.8 Å². The monoisotopic (exact) mass is 333 g/mol. The van der Waals surface area contributed by atoms with E-state index < -0.39 is 6.04 Å². The number of likely N-dealkylation sites (tertiary alicyclic amines) is 1. The molecule has 1 aromatic rings. The SMILES string of the molecule is Cc1ccccc1SC1CCN(C(=O)[C@@H]2CNCC(=O)N2)CC1. The van der Waals surface area contributed by atoms with E-state index in [1.165, 1.54) is 10.5 Å². The second-order valence-electron chi connectivity index (χ2n) is 6.16. The standard InChI is InChI=1S/C17H23N3O2S/c1-12-4-2-3-5-15(12)23-13-6-8-20(9-7-13)17(22)14-10-18-11-16(21)19-14/h2-5,13-14,18H,6-11H2,1H3,(H,19,21)/t14-/m0/s1. The molecule has 3 rings (SSSR count). The smallest absolute Gasteiger partial charge is 0.246 e. The third kappa shape index (κ3) is 4.06. The van der Waals surface area contributed by atoms with Crippen LogP contribution in [0.1, 0.15) is 18.4 Å². The highest BCUT2D eigenvalue weighted by molar-refractivity contribution is 8.00. The van der Waals surface area contributed by atoms with Gasteiger partial charge in [-0.05, 0) is 31.4 Å². The van der Waals surface area contributed by atoms with Crippen molar-refractivity contribution in [2.75, 3.05) is 26.2 Å². The van der Waals surface area contributed by atoms with Crippen LogP contribution in [0.15, 0.2) is 29.2 Å². The lowest BCUT2D eigenvalue weighted by Gasteiger charge is -2.35. The number of hydrogen-bond donors (Lipinski definition) is 2. The molecular weight excluding hydrogens is 310 g/mol. The molecule has 0 bridgehead atoms. The molecule has 0 radical (unpaired) electrons. The topological polar surface area (TPSA) is 61.4 Å². The predicted octanol–water partition coefficient (Wildman–Crippen LogP) is 1.17. The number of rotatable bonds is 3. The van der Waals surface area contributed by atoms with Gasteiger partial charge in [0.2, 0.25) is 11.8 Å². The number of hydrogen-bond acceptors (Lipinski definition) is 4. The number of piperazine rings is 1. The van der Waals surface area contributed by atoms with Crippen molar-refractivity contribution >= 4 is 23.6 Å². The fourth-order valence-electron chi connectivity index (χ4n) is 3.06. The van der Waals surface area contributed by atoms with Crippen LogP contribution in [0, 0.1) is 6.92 Å². The number of nitrogens with zero attached hydrogens (tertiary/aromatic N) is 1. The molecule has 2 aliphatic heterocycles. The first-order chi connectivity index (χ1) is 11.1. The zero-order chi connectivity index (χ0) is 16.2. The van der Waals surface area contributed by atoms with Gasteiger partial charge in [-0.15, -0.1) is 11.8 Å². The molecule has 2 saturated heterocycles. The molecule has 2 aliphatic rings. The van der Waals surface area contributed by atoms with Gasteiger partial charge in [0, 0.05) is 29.8 Å². The zero-order valence-corrected chi connectivity index (χ0v) is 14.2. The molecule has 2 N–H and O–H groups in total. The molecule has 0 aliphatic carbocycles. The first-order valence-electron chi connectivity index (χ1n) is 8.14. The lowest BCUT2D eigenvalue weighted by Crippen LogP contribution is -2.59. The Morgan fingerprint density at radius 1 is 1.26 bits per heavy atom. The summed E-state index contributed by atoms with van der Waals surface area (Å²) in [7, 11) is 0. The van der Waals surface area contributed by atoms with E-state index in [0.717, 1.165) is 25.9 Å². The van der Waals surface area contributed by atoms with Gasteiger partial charge < -0.3 is 15.5 Å². The van der Waals surface area contributed by atoms with E-state index in [-0.39, 0.29) is 11.8 Å². The summed E-state index contributed by atoms with van der Waals surface area (Å²) in [5.74, 6) is -0.0514. The highest BCUT2D eigenvalue weighted by Gasteiger charge is 2.31. The molecule has 6 heteroatoms. The lowest BCUT2D eigenvalue weighted by atomic mass is 10.1. The van der Waals surface area contributed by atoms with Crippen molar-refractivity contribution in [1.82, 2.24) is 15.5 Å². The van der Waals surface area contributed by atoms with Gasteiger partial charge >= 0.3 is 0 Å². The molecular formula is C17H23N3O2S. The Hall–Kier alpha value is -1.53. The number of thioether (sulfide) groups is 1. The summed E-state index contributed by atoms with van der Waals surface area (Å²) in [6, 6.07) is 8.04. The number of piperidine rings is 1. The quantitative estimate of drug-likeness (QED) is 0.872. The Labute approximate surface area is 141 Å². The summed E-state index contributed by atoms with van der Waals surface area (Å²) in [6.45, 7) is 4.52. The molecule has 124 valence electrons. The summed E-state index contributed by atoms with van der Waals surface area (Å²) in [6.07, 6.45) is 2.00. The summed E-state index contributed by atoms with van der Waals surface area (Å²) < 4.78 is 0. The molecule has 0 saturated carbocycles. The van der Waals surface area contributed by atoms with E-state index >= 15 is 0 Å². The van der Waals surface area contributed by atoms with Crippen molar-refractivity contribution in [1.29, 1.82) is 0 Å². The second-order valence-corrected chi connectivity index (χ2v) is 7.50. The zero-order valence-electron chi connectivity index (χ0n) is 13.4. The molecule has 5 nitrogen and oxygen atoms in total. The van der Waals surface area contributed by atoms with Crippen molar-refractivity contribution in [2.45, 2.75) is 36.0 Å². The van der Waals surface area contributed by atoms with Crippen LogP contribution in [0.4, 0.5) is 0 Å². The van der Waals surface area contributed by atoms with Crippen LogP contribution < -0.4 is 10.6 Å². The van der Waals surface area contributed by atoms with Crippen molar-refractivity contribution < 1.29 is 9.59 Å². The van der Waals surface area contributed by atoms with Crippen LogP contribution in [0.3, 0.4) is 0 Å². The minimum atomic E-state index is -0.406. The Morgan fingerprint density at radius 3 is 2.70 bits per heavy atom. The molecule has 23 heavy (non-hydrogen) atoms. The average molecular weight is 333 g/mol. The molecule has 2 fully saturated rings. The lowest BCUT2D eigenvalue weighted by molar-refractivity contribution is -0.138. The molecule has 0 unspecified atom stereocenters. The second kappa shape index (κ2) is 7.36. The maximum absolute atomic E-state index is 12.5. The van der Waals surface area contributed by atoms with Crippen LogP contribution in [-0.2, 0) is 9.59 Å². The van der Waals surface area contributed by atoms with Gasteiger partial charge in [0.05, 0.1) is 6.54 Å². The van der Waals surface area contributed by atoms with Gasteiger partial charge in [-0.2, -0.15) is 0 Å². The van der Waals surface area contributed by atoms with E-state index in [9.17, 15) is 9.59 Å². The fraction of sp³-hybridized carbons (Fsp3) is 0.529. The number of amides is 2. The van der Waals surface area contributed by atoms with Crippen LogP contribution in [0.2, 0.25) is 0 Å². The van der Waals surface area contributed by atoms with Crippen molar-refractivity contribution in [3.63, 3.8) is 0 Å². The van der Waals surface area contributed by atoms with Crippen molar-refractivity contribution in [2.24, 2.45) is 0 Å². The number of carbonyl (C=O) groups is 2. The van der Waals surface area contributed by atoms with E-state index in [1.807, 2.05) is 16.7 Å². The van der Waals surface area contributed by atoms with Crippen molar-refractivity contribution in [3.8, 4) is 0 Å². The van der Waals surface area contributed by atoms with E-state index in [1.54, 1.807) is 0 Å². The maximum atomic E-state index is 12.5. The molecule has 1 aromatic carbocycles. The highest BCUT2D eigenvalue weighted by Crippen LogP contribution is 2.32. The van der Waals surface area contributed by atoms with Gasteiger partial charge in [-0.1, -0.05) is 18.2 Å². The largest absolute Gasteiger partial charge is 0.342 e. The molecule has 0 spiro atoms. The number of aryl methyl sites for hydroxylation is 1. The van der Waals surface area contributed by atoms with E-state index in [0.29, 0.717) is 18.3 Å². The van der Waals surface area contributed by atoms with Crippen LogP contribution in [0.25, 0.3) is 0 Å². The van der Waals surface area contributed by atoms with E-state index in [4.69, 9.17) is 0 Å². The average Bonchev–Trinajstić information content (AvgIpc) is 2.57. The van der Waals surface area contributed by atoms with Gasteiger partial charge in [0.15, 0.2) is 0 Å². The third-order valence-electron chi connectivity index (χ3n) is 4.41. The minimum absolute atomic E-state index is 0.0462. The predicted molar refractivity (Wildman–Crippen MR) is 91.4 cm³/mol. The summed E-state index contributed by atoms with van der Waals surface area (Å²) >= 11 is 1.92. The molecule has 0 aromatic heterocycles. The first kappa shape index (κ1) is 16.3. The minimum Gasteiger partial charge on any atom is -0.342 e. The molecule has 1 atom stereocenters. The van der Waals surface area contributed by atoms with Crippen LogP contribution in [0.5, 0.6) is 0 Å². The van der Waals surface area contributed by atoms with Gasteiger partial charge in [-0.25, -0.2) is 0 Å². The van der Waals surface area contributed by atoms with Crippen LogP contribution >= 0.6 is 11.8 Å². The fourth-order valence-corrected chi connectivity index (χ4v) is 4.27. The van der Waals surface area contributed by atoms with Gasteiger partial charge in [-0.3, -0.25) is 9.59 Å². The summed E-state index contributed by atoms with van der Waals surface area (Å²) in [4.78, 5) is 27.1. The Morgan fingerprint density at radius 2 is 2.00 bits per heavy atom. The van der Waals surface area contributed by atoms with Crippen molar-refractivity contribution in [3.05, 3.63) is 29.8 Å². The normalized spacial score (nSPS) is 22.7. The van der Waals surface area contributed by atoms with Crippen LogP contribution in [-0.4, -0.2) is 54.2 Å². The highest BCUT2D eigenvalue weighted by atomic mass is 32.2. The number of carbonyl (C=O) groups excluding carboxylic acids is 2. The van der Waals surface area contributed by atoms with Gasteiger partial charge in [0.25, 0.3) is 0 Å².